The highest BCUT2D eigenvalue weighted by Crippen LogP contribution is 2.26. The molecule has 1 aliphatic heterocycles. The van der Waals surface area contributed by atoms with E-state index in [0.29, 0.717) is 17.3 Å². The summed E-state index contributed by atoms with van der Waals surface area (Å²) in [6.45, 7) is 11.7. The van der Waals surface area contributed by atoms with Crippen molar-refractivity contribution in [2.75, 3.05) is 20.1 Å². The number of benzene rings is 1. The maximum absolute atomic E-state index is 12.9. The van der Waals surface area contributed by atoms with Gasteiger partial charge in [-0.25, -0.2) is 4.79 Å². The van der Waals surface area contributed by atoms with Crippen molar-refractivity contribution in [3.63, 3.8) is 0 Å². The summed E-state index contributed by atoms with van der Waals surface area (Å²) in [6, 6.07) is 9.79. The van der Waals surface area contributed by atoms with Crippen LogP contribution in [0.2, 0.25) is 0 Å². The molecule has 0 amide bonds. The number of allylic oxidation sites excluding steroid dienone is 2. The smallest absolute Gasteiger partial charge is 0.342 e. The first-order chi connectivity index (χ1) is 12.0. The van der Waals surface area contributed by atoms with Crippen LogP contribution in [0.5, 0.6) is 0 Å². The molecule has 134 valence electrons. The second-order valence-corrected chi connectivity index (χ2v) is 6.70. The SMILES string of the molecule is C=C/C(=C(/C(=O)OC(C)C)C(=NC)N1CC[C@@H](C)C1)c1ccccc1. The number of aliphatic imine (C=N–C) groups is 1. The molecular weight excluding hydrogens is 312 g/mol. The largest absolute Gasteiger partial charge is 0.459 e. The molecule has 0 bridgehead atoms. The highest BCUT2D eigenvalue weighted by molar-refractivity contribution is 6.25. The molecule has 1 aromatic rings. The van der Waals surface area contributed by atoms with E-state index in [-0.39, 0.29) is 12.1 Å². The average Bonchev–Trinajstić information content (AvgIpc) is 3.01. The van der Waals surface area contributed by atoms with Gasteiger partial charge in [0.25, 0.3) is 0 Å². The van der Waals surface area contributed by atoms with E-state index in [1.165, 1.54) is 0 Å². The maximum Gasteiger partial charge on any atom is 0.342 e. The van der Waals surface area contributed by atoms with Crippen molar-refractivity contribution in [3.05, 3.63) is 54.1 Å². The number of carbonyl (C=O) groups is 1. The van der Waals surface area contributed by atoms with Gasteiger partial charge in [-0.2, -0.15) is 0 Å². The molecule has 0 aliphatic carbocycles. The molecule has 0 radical (unpaired) electrons. The summed E-state index contributed by atoms with van der Waals surface area (Å²) in [5.74, 6) is 0.922. The van der Waals surface area contributed by atoms with Crippen LogP contribution < -0.4 is 0 Å². The Morgan fingerprint density at radius 2 is 2.04 bits per heavy atom. The molecule has 25 heavy (non-hydrogen) atoms. The van der Waals surface area contributed by atoms with E-state index in [2.05, 4.69) is 23.4 Å². The van der Waals surface area contributed by atoms with Crippen LogP contribution in [-0.4, -0.2) is 42.9 Å². The van der Waals surface area contributed by atoms with Crippen LogP contribution in [0.4, 0.5) is 0 Å². The van der Waals surface area contributed by atoms with Gasteiger partial charge in [-0.3, -0.25) is 4.99 Å². The fourth-order valence-corrected chi connectivity index (χ4v) is 3.12. The number of hydrogen-bond donors (Lipinski definition) is 0. The number of carbonyl (C=O) groups excluding carboxylic acids is 1. The number of likely N-dealkylation sites (tertiary alicyclic amines) is 1. The Hall–Kier alpha value is -2.36. The molecular formula is C21H28N2O2. The third kappa shape index (κ3) is 4.59. The van der Waals surface area contributed by atoms with Gasteiger partial charge in [-0.05, 0) is 37.3 Å². The van der Waals surface area contributed by atoms with Crippen LogP contribution in [0.1, 0.15) is 32.8 Å². The van der Waals surface area contributed by atoms with Crippen molar-refractivity contribution in [1.82, 2.24) is 4.90 Å². The quantitative estimate of drug-likeness (QED) is 0.268. The summed E-state index contributed by atoms with van der Waals surface area (Å²) in [4.78, 5) is 19.6. The molecule has 0 spiro atoms. The van der Waals surface area contributed by atoms with E-state index in [1.807, 2.05) is 44.2 Å². The van der Waals surface area contributed by atoms with Gasteiger partial charge < -0.3 is 9.64 Å². The number of hydrogen-bond acceptors (Lipinski definition) is 3. The monoisotopic (exact) mass is 340 g/mol. The number of rotatable bonds is 5. The molecule has 0 unspecified atom stereocenters. The topological polar surface area (TPSA) is 41.9 Å². The van der Waals surface area contributed by atoms with E-state index in [9.17, 15) is 4.79 Å². The Balaban J connectivity index is 2.57. The highest BCUT2D eigenvalue weighted by Gasteiger charge is 2.30. The van der Waals surface area contributed by atoms with Crippen molar-refractivity contribution in [1.29, 1.82) is 0 Å². The second kappa shape index (κ2) is 8.65. The zero-order valence-electron chi connectivity index (χ0n) is 15.7. The molecule has 1 fully saturated rings. The Morgan fingerprint density at radius 1 is 1.36 bits per heavy atom. The van der Waals surface area contributed by atoms with E-state index < -0.39 is 0 Å². The molecule has 4 nitrogen and oxygen atoms in total. The van der Waals surface area contributed by atoms with Crippen LogP contribution in [0.15, 0.2) is 53.6 Å². The predicted molar refractivity (Wildman–Crippen MR) is 104 cm³/mol. The lowest BCUT2D eigenvalue weighted by molar-refractivity contribution is -0.141. The molecule has 0 saturated carbocycles. The van der Waals surface area contributed by atoms with Gasteiger partial charge in [-0.1, -0.05) is 49.9 Å². The fourth-order valence-electron chi connectivity index (χ4n) is 3.12. The normalized spacial score (nSPS) is 19.0. The van der Waals surface area contributed by atoms with E-state index in [4.69, 9.17) is 4.74 Å². The van der Waals surface area contributed by atoms with Crippen molar-refractivity contribution < 1.29 is 9.53 Å². The minimum Gasteiger partial charge on any atom is -0.459 e. The average molecular weight is 340 g/mol. The van der Waals surface area contributed by atoms with Crippen LogP contribution in [-0.2, 0) is 9.53 Å². The summed E-state index contributed by atoms with van der Waals surface area (Å²) in [5.41, 5.74) is 2.18. The van der Waals surface area contributed by atoms with Gasteiger partial charge in [0, 0.05) is 20.1 Å². The lowest BCUT2D eigenvalue weighted by Crippen LogP contribution is -2.34. The van der Waals surface area contributed by atoms with Crippen molar-refractivity contribution in [3.8, 4) is 0 Å². The molecule has 1 heterocycles. The Labute approximate surface area is 150 Å². The predicted octanol–water partition coefficient (Wildman–Crippen LogP) is 3.95. The number of esters is 1. The lowest BCUT2D eigenvalue weighted by atomic mass is 9.98. The molecule has 0 N–H and O–H groups in total. The van der Waals surface area contributed by atoms with E-state index >= 15 is 0 Å². The Kier molecular flexibility index (Phi) is 6.57. The van der Waals surface area contributed by atoms with Crippen LogP contribution >= 0.6 is 0 Å². The van der Waals surface area contributed by atoms with E-state index in [1.54, 1.807) is 13.1 Å². The summed E-state index contributed by atoms with van der Waals surface area (Å²) in [6.07, 6.45) is 2.62. The lowest BCUT2D eigenvalue weighted by Gasteiger charge is -2.24. The summed E-state index contributed by atoms with van der Waals surface area (Å²) >= 11 is 0. The third-order valence-electron chi connectivity index (χ3n) is 4.26. The second-order valence-electron chi connectivity index (χ2n) is 6.70. The standard InChI is InChI=1S/C21H28N2O2/c1-6-18(17-10-8-7-9-11-17)19(21(24)25-15(2)3)20(22-5)23-13-12-16(4)14-23/h6-11,15-16H,1,12-14H2,2-5H3/b19-18-,22-20?/t16-/m1/s1. The molecule has 1 saturated heterocycles. The third-order valence-corrected chi connectivity index (χ3v) is 4.26. The maximum atomic E-state index is 12.9. The molecule has 1 aliphatic rings. The molecule has 4 heteroatoms. The van der Waals surface area contributed by atoms with Gasteiger partial charge in [0.2, 0.25) is 0 Å². The number of nitrogens with zero attached hydrogens (tertiary/aromatic N) is 2. The first-order valence-corrected chi connectivity index (χ1v) is 8.83. The number of ether oxygens (including phenoxy) is 1. The highest BCUT2D eigenvalue weighted by atomic mass is 16.5. The van der Waals surface area contributed by atoms with Gasteiger partial charge in [0.15, 0.2) is 0 Å². The van der Waals surface area contributed by atoms with Crippen molar-refractivity contribution >= 4 is 17.4 Å². The zero-order chi connectivity index (χ0) is 18.4. The summed E-state index contributed by atoms with van der Waals surface area (Å²) in [7, 11) is 1.73. The molecule has 1 atom stereocenters. The zero-order valence-corrected chi connectivity index (χ0v) is 15.7. The minimum absolute atomic E-state index is 0.194. The molecule has 0 aromatic heterocycles. The van der Waals surface area contributed by atoms with Crippen molar-refractivity contribution in [2.45, 2.75) is 33.3 Å². The first kappa shape index (κ1) is 19.0. The first-order valence-electron chi connectivity index (χ1n) is 8.83. The minimum atomic E-state index is -0.353. The molecule has 1 aromatic carbocycles. The number of amidine groups is 1. The summed E-state index contributed by atoms with van der Waals surface area (Å²) < 4.78 is 5.53. The fraction of sp³-hybridized carbons (Fsp3) is 0.429. The Bertz CT molecular complexity index is 674. The van der Waals surface area contributed by atoms with Gasteiger partial charge in [-0.15, -0.1) is 0 Å². The van der Waals surface area contributed by atoms with Gasteiger partial charge in [0.05, 0.1) is 6.10 Å². The Morgan fingerprint density at radius 3 is 2.52 bits per heavy atom. The van der Waals surface area contributed by atoms with Gasteiger partial charge >= 0.3 is 5.97 Å². The van der Waals surface area contributed by atoms with Crippen LogP contribution in [0.25, 0.3) is 5.57 Å². The van der Waals surface area contributed by atoms with E-state index in [0.717, 1.165) is 30.6 Å². The van der Waals surface area contributed by atoms with Crippen molar-refractivity contribution in [2.24, 2.45) is 10.9 Å². The van der Waals surface area contributed by atoms with Crippen LogP contribution in [0, 0.1) is 5.92 Å². The van der Waals surface area contributed by atoms with Crippen LogP contribution in [0.3, 0.4) is 0 Å². The molecule has 2 rings (SSSR count). The summed E-state index contributed by atoms with van der Waals surface area (Å²) in [5, 5.41) is 0. The van der Waals surface area contributed by atoms with Gasteiger partial charge in [0.1, 0.15) is 11.4 Å².